The lowest BCUT2D eigenvalue weighted by Gasteiger charge is -2.36. The van der Waals surface area contributed by atoms with Crippen molar-refractivity contribution in [3.05, 3.63) is 40.1 Å². The van der Waals surface area contributed by atoms with E-state index >= 15 is 0 Å². The number of nitrogens with one attached hydrogen (secondary N) is 1. The van der Waals surface area contributed by atoms with Crippen molar-refractivity contribution in [1.29, 1.82) is 0 Å². The summed E-state index contributed by atoms with van der Waals surface area (Å²) in [6.07, 6.45) is 2.44. The second-order valence-corrected chi connectivity index (χ2v) is 8.20. The molecule has 4 heterocycles. The zero-order chi connectivity index (χ0) is 22.2. The number of ether oxygens (including phenoxy) is 2. The predicted molar refractivity (Wildman–Crippen MR) is 122 cm³/mol. The Morgan fingerprint density at radius 2 is 1.72 bits per heavy atom. The average molecular weight is 438 g/mol. The molecule has 2 aliphatic rings. The first-order chi connectivity index (χ1) is 15.6. The highest BCUT2D eigenvalue weighted by molar-refractivity contribution is 5.82. The maximum absolute atomic E-state index is 12.8. The van der Waals surface area contributed by atoms with E-state index in [1.165, 1.54) is 5.56 Å². The van der Waals surface area contributed by atoms with E-state index in [2.05, 4.69) is 36.7 Å². The first kappa shape index (κ1) is 20.5. The highest BCUT2D eigenvalue weighted by Crippen LogP contribution is 2.31. The highest BCUT2D eigenvalue weighted by Gasteiger charge is 2.26. The minimum atomic E-state index is -0.211. The van der Waals surface area contributed by atoms with E-state index in [0.29, 0.717) is 34.9 Å². The summed E-state index contributed by atoms with van der Waals surface area (Å²) in [5.41, 5.74) is 2.53. The Morgan fingerprint density at radius 3 is 2.47 bits per heavy atom. The first-order valence-electron chi connectivity index (χ1n) is 10.7. The van der Waals surface area contributed by atoms with Crippen molar-refractivity contribution in [3.63, 3.8) is 0 Å². The largest absolute Gasteiger partial charge is 0.493 e. The fourth-order valence-corrected chi connectivity index (χ4v) is 4.41. The fraction of sp³-hybridized carbons (Fsp3) is 0.455. The number of nitrogens with zero attached hydrogens (tertiary/aromatic N) is 6. The molecule has 0 radical (unpaired) electrons. The van der Waals surface area contributed by atoms with Crippen LogP contribution in [0.3, 0.4) is 0 Å². The summed E-state index contributed by atoms with van der Waals surface area (Å²) in [4.78, 5) is 36.3. The number of rotatable bonds is 4. The maximum atomic E-state index is 12.8. The van der Waals surface area contributed by atoms with E-state index in [1.54, 1.807) is 32.7 Å². The number of fused-ring (bicyclic) bond motifs is 2. The number of aromatic amines is 1. The molecule has 0 spiro atoms. The molecule has 1 N–H and O–H groups in total. The van der Waals surface area contributed by atoms with Crippen LogP contribution in [0.2, 0.25) is 0 Å². The number of hydrogen-bond acceptors (Lipinski definition) is 9. The monoisotopic (exact) mass is 437 g/mol. The number of methoxy groups -OCH3 is 2. The minimum absolute atomic E-state index is 0.211. The molecule has 0 amide bonds. The Balaban J connectivity index is 1.46. The molecule has 10 nitrogen and oxygen atoms in total. The van der Waals surface area contributed by atoms with E-state index in [0.717, 1.165) is 50.7 Å². The number of aromatic nitrogens is 4. The molecule has 1 aromatic carbocycles. The summed E-state index contributed by atoms with van der Waals surface area (Å²) in [5, 5.41) is 0.462. The van der Waals surface area contributed by atoms with Gasteiger partial charge in [-0.3, -0.25) is 9.78 Å². The molecule has 0 bridgehead atoms. The molecule has 2 aliphatic heterocycles. The number of likely N-dealkylation sites (N-methyl/N-ethyl adjacent to an activating group) is 1. The molecule has 0 aliphatic carbocycles. The topological polar surface area (TPSA) is 99.7 Å². The molecule has 0 atom stereocenters. The van der Waals surface area contributed by atoms with E-state index in [1.807, 2.05) is 0 Å². The summed E-state index contributed by atoms with van der Waals surface area (Å²) < 4.78 is 10.7. The van der Waals surface area contributed by atoms with E-state index in [4.69, 9.17) is 14.5 Å². The van der Waals surface area contributed by atoms with Crippen molar-refractivity contribution in [2.24, 2.45) is 0 Å². The van der Waals surface area contributed by atoms with Gasteiger partial charge in [0.1, 0.15) is 12.1 Å². The molecule has 1 saturated heterocycles. The fourth-order valence-electron chi connectivity index (χ4n) is 4.41. The van der Waals surface area contributed by atoms with Crippen molar-refractivity contribution >= 4 is 22.7 Å². The van der Waals surface area contributed by atoms with E-state index < -0.39 is 0 Å². The standard InChI is InChI=1S/C22H27N7O3/c1-27-6-8-28(9-7-27)20-14-4-5-29(12-17(14)23-13-24-20)22-25-16-11-19(32-3)18(31-2)10-15(16)21(30)26-22/h10-11,13H,4-9,12H2,1-3H3,(H,25,26,30). The van der Waals surface area contributed by atoms with Crippen LogP contribution in [0.25, 0.3) is 10.9 Å². The molecule has 0 saturated carbocycles. The van der Waals surface area contributed by atoms with Gasteiger partial charge in [-0.25, -0.2) is 15.0 Å². The second kappa shape index (κ2) is 8.27. The van der Waals surface area contributed by atoms with Crippen LogP contribution in [0.4, 0.5) is 11.8 Å². The van der Waals surface area contributed by atoms with E-state index in [9.17, 15) is 4.79 Å². The predicted octanol–water partition coefficient (Wildman–Crippen LogP) is 1.04. The Hall–Kier alpha value is -3.40. The maximum Gasteiger partial charge on any atom is 0.260 e. The van der Waals surface area contributed by atoms with Gasteiger partial charge in [-0.2, -0.15) is 0 Å². The van der Waals surface area contributed by atoms with Crippen LogP contribution in [0.1, 0.15) is 11.3 Å². The van der Waals surface area contributed by atoms with Crippen LogP contribution in [0, 0.1) is 0 Å². The van der Waals surface area contributed by atoms with Gasteiger partial charge in [-0.1, -0.05) is 0 Å². The van der Waals surface area contributed by atoms with Crippen LogP contribution >= 0.6 is 0 Å². The Morgan fingerprint density at radius 1 is 0.969 bits per heavy atom. The zero-order valence-electron chi connectivity index (χ0n) is 18.6. The number of H-pyrrole nitrogens is 1. The smallest absolute Gasteiger partial charge is 0.260 e. The summed E-state index contributed by atoms with van der Waals surface area (Å²) >= 11 is 0. The zero-order valence-corrected chi connectivity index (χ0v) is 18.6. The van der Waals surface area contributed by atoms with Crippen molar-refractivity contribution in [2.45, 2.75) is 13.0 Å². The van der Waals surface area contributed by atoms with Gasteiger partial charge in [0, 0.05) is 44.4 Å². The number of anilines is 2. The third-order valence-electron chi connectivity index (χ3n) is 6.28. The van der Waals surface area contributed by atoms with Crippen molar-refractivity contribution in [1.82, 2.24) is 24.8 Å². The number of piperazine rings is 1. The van der Waals surface area contributed by atoms with Crippen LogP contribution in [-0.2, 0) is 13.0 Å². The van der Waals surface area contributed by atoms with Crippen LogP contribution in [0.15, 0.2) is 23.3 Å². The molecular formula is C22H27N7O3. The quantitative estimate of drug-likeness (QED) is 0.642. The lowest BCUT2D eigenvalue weighted by molar-refractivity contribution is 0.311. The SMILES string of the molecule is COc1cc2nc(N3CCc4c(ncnc4N4CCN(C)CC4)C3)[nH]c(=O)c2cc1OC. The van der Waals surface area contributed by atoms with Gasteiger partial charge < -0.3 is 24.2 Å². The Bertz CT molecular complexity index is 1200. The van der Waals surface area contributed by atoms with Gasteiger partial charge in [0.15, 0.2) is 11.5 Å². The lowest BCUT2D eigenvalue weighted by Crippen LogP contribution is -2.45. The molecule has 10 heteroatoms. The molecule has 0 unspecified atom stereocenters. The molecule has 2 aromatic heterocycles. The van der Waals surface area contributed by atoms with Crippen molar-refractivity contribution in [2.75, 3.05) is 63.8 Å². The normalized spacial score (nSPS) is 16.8. The van der Waals surface area contributed by atoms with Gasteiger partial charge in [0.05, 0.1) is 37.4 Å². The van der Waals surface area contributed by atoms with Gasteiger partial charge in [0.2, 0.25) is 5.95 Å². The summed E-state index contributed by atoms with van der Waals surface area (Å²) in [6, 6.07) is 3.39. The van der Waals surface area contributed by atoms with Crippen LogP contribution in [0.5, 0.6) is 11.5 Å². The third kappa shape index (κ3) is 3.60. The Labute approximate surface area is 185 Å². The van der Waals surface area contributed by atoms with E-state index in [-0.39, 0.29) is 5.56 Å². The van der Waals surface area contributed by atoms with Gasteiger partial charge in [-0.05, 0) is 19.5 Å². The van der Waals surface area contributed by atoms with Crippen LogP contribution in [-0.4, -0.2) is 78.8 Å². The molecule has 32 heavy (non-hydrogen) atoms. The summed E-state index contributed by atoms with van der Waals surface area (Å²) in [7, 11) is 5.26. The lowest BCUT2D eigenvalue weighted by atomic mass is 10.0. The molecule has 168 valence electrons. The molecule has 1 fully saturated rings. The van der Waals surface area contributed by atoms with Crippen molar-refractivity contribution < 1.29 is 9.47 Å². The van der Waals surface area contributed by atoms with Gasteiger partial charge >= 0.3 is 0 Å². The van der Waals surface area contributed by atoms with Gasteiger partial charge in [0.25, 0.3) is 5.56 Å². The number of benzene rings is 1. The molecular weight excluding hydrogens is 410 g/mol. The summed E-state index contributed by atoms with van der Waals surface area (Å²) in [6.45, 7) is 5.29. The average Bonchev–Trinajstić information content (AvgIpc) is 2.83. The molecule has 3 aromatic rings. The summed E-state index contributed by atoms with van der Waals surface area (Å²) in [5.74, 6) is 2.61. The van der Waals surface area contributed by atoms with Crippen LogP contribution < -0.4 is 24.8 Å². The third-order valence-corrected chi connectivity index (χ3v) is 6.28. The second-order valence-electron chi connectivity index (χ2n) is 8.20. The minimum Gasteiger partial charge on any atom is -0.493 e. The van der Waals surface area contributed by atoms with Gasteiger partial charge in [-0.15, -0.1) is 0 Å². The number of hydrogen-bond donors (Lipinski definition) is 1. The van der Waals surface area contributed by atoms with Crippen molar-refractivity contribution in [3.8, 4) is 11.5 Å². The Kier molecular flexibility index (Phi) is 5.30. The first-order valence-corrected chi connectivity index (χ1v) is 10.7. The molecule has 5 rings (SSSR count). The highest BCUT2D eigenvalue weighted by atomic mass is 16.5.